The summed E-state index contributed by atoms with van der Waals surface area (Å²) < 4.78 is 21.8. The van der Waals surface area contributed by atoms with Crippen molar-refractivity contribution < 1.29 is 28.4 Å². The number of phosphoric ester groups is 1. The first kappa shape index (κ1) is 23.5. The second-order valence-electron chi connectivity index (χ2n) is 8.94. The standard InChI is InChI=1S/C16H34NO6P/c1-14(2,3)9-10-17-13(19)12(18)16(7,8)11-22-24(20,21)23-15(4,5)6/h12,18H,9-11H2,1-8H3,(H,17,19)(H,20,21). The van der Waals surface area contributed by atoms with E-state index in [0.717, 1.165) is 6.42 Å². The van der Waals surface area contributed by atoms with E-state index in [1.54, 1.807) is 34.6 Å². The number of aliphatic hydroxyl groups is 1. The zero-order valence-electron chi connectivity index (χ0n) is 16.2. The summed E-state index contributed by atoms with van der Waals surface area (Å²) in [5.74, 6) is -0.530. The average molecular weight is 367 g/mol. The fourth-order valence-electron chi connectivity index (χ4n) is 1.71. The minimum atomic E-state index is -4.27. The maximum absolute atomic E-state index is 12.0. The zero-order chi connectivity index (χ0) is 19.4. The summed E-state index contributed by atoms with van der Waals surface area (Å²) in [5, 5.41) is 12.9. The van der Waals surface area contributed by atoms with E-state index in [1.807, 2.05) is 0 Å². The van der Waals surface area contributed by atoms with Gasteiger partial charge in [-0.25, -0.2) is 4.57 Å². The molecule has 0 spiro atoms. The lowest BCUT2D eigenvalue weighted by molar-refractivity contribution is -0.137. The Morgan fingerprint density at radius 3 is 2.04 bits per heavy atom. The molecule has 0 heterocycles. The molecule has 0 bridgehead atoms. The van der Waals surface area contributed by atoms with Gasteiger partial charge in [0.25, 0.3) is 0 Å². The first-order valence-electron chi connectivity index (χ1n) is 8.09. The highest BCUT2D eigenvalue weighted by Gasteiger charge is 2.38. The van der Waals surface area contributed by atoms with Gasteiger partial charge in [0.2, 0.25) is 5.91 Å². The molecule has 8 heteroatoms. The van der Waals surface area contributed by atoms with Crippen LogP contribution in [-0.2, 0) is 18.4 Å². The Morgan fingerprint density at radius 2 is 1.62 bits per heavy atom. The van der Waals surface area contributed by atoms with Crippen molar-refractivity contribution in [1.29, 1.82) is 0 Å². The summed E-state index contributed by atoms with van der Waals surface area (Å²) in [7, 11) is -4.27. The molecule has 0 radical (unpaired) electrons. The van der Waals surface area contributed by atoms with E-state index in [0.29, 0.717) is 6.54 Å². The van der Waals surface area contributed by atoms with Gasteiger partial charge in [-0.05, 0) is 32.6 Å². The average Bonchev–Trinajstić information content (AvgIpc) is 2.31. The number of nitrogens with one attached hydrogen (secondary N) is 1. The van der Waals surface area contributed by atoms with Crippen LogP contribution in [0.2, 0.25) is 0 Å². The summed E-state index contributed by atoms with van der Waals surface area (Å²) in [4.78, 5) is 21.7. The van der Waals surface area contributed by atoms with Gasteiger partial charge in [0, 0.05) is 12.0 Å². The monoisotopic (exact) mass is 367 g/mol. The lowest BCUT2D eigenvalue weighted by atomic mass is 9.87. The predicted molar refractivity (Wildman–Crippen MR) is 93.5 cm³/mol. The molecule has 144 valence electrons. The number of rotatable bonds is 8. The Labute approximate surface area is 145 Å². The van der Waals surface area contributed by atoms with Crippen LogP contribution in [0, 0.1) is 10.8 Å². The number of carbonyl (C=O) groups is 1. The van der Waals surface area contributed by atoms with E-state index in [1.165, 1.54) is 0 Å². The van der Waals surface area contributed by atoms with Crippen molar-refractivity contribution in [2.24, 2.45) is 10.8 Å². The van der Waals surface area contributed by atoms with Crippen molar-refractivity contribution in [2.45, 2.75) is 73.5 Å². The van der Waals surface area contributed by atoms with Crippen molar-refractivity contribution in [2.75, 3.05) is 13.2 Å². The van der Waals surface area contributed by atoms with Gasteiger partial charge >= 0.3 is 7.82 Å². The Balaban J connectivity index is 4.59. The van der Waals surface area contributed by atoms with Gasteiger partial charge in [-0.15, -0.1) is 0 Å². The molecule has 2 atom stereocenters. The van der Waals surface area contributed by atoms with Gasteiger partial charge in [0.15, 0.2) is 0 Å². The summed E-state index contributed by atoms with van der Waals surface area (Å²) >= 11 is 0. The molecular formula is C16H34NO6P. The van der Waals surface area contributed by atoms with E-state index >= 15 is 0 Å². The van der Waals surface area contributed by atoms with Crippen molar-refractivity contribution >= 4 is 13.7 Å². The highest BCUT2D eigenvalue weighted by Crippen LogP contribution is 2.48. The SMILES string of the molecule is CC(C)(C)CCNC(=O)C(O)C(C)(C)COP(=O)(O)OC(C)(C)C. The van der Waals surface area contributed by atoms with Crippen LogP contribution in [0.5, 0.6) is 0 Å². The molecule has 0 saturated carbocycles. The third-order valence-corrected chi connectivity index (χ3v) is 4.39. The van der Waals surface area contributed by atoms with E-state index < -0.39 is 30.8 Å². The van der Waals surface area contributed by atoms with Crippen molar-refractivity contribution in [3.8, 4) is 0 Å². The number of phosphoric acid groups is 1. The van der Waals surface area contributed by atoms with Crippen LogP contribution >= 0.6 is 7.82 Å². The van der Waals surface area contributed by atoms with Crippen LogP contribution in [-0.4, -0.2) is 40.8 Å². The third-order valence-electron chi connectivity index (χ3n) is 3.15. The molecule has 2 unspecified atom stereocenters. The molecule has 0 aliphatic carbocycles. The molecule has 0 aromatic carbocycles. The number of aliphatic hydroxyl groups excluding tert-OH is 1. The Kier molecular flexibility index (Phi) is 8.12. The van der Waals surface area contributed by atoms with Crippen LogP contribution in [0.4, 0.5) is 0 Å². The summed E-state index contributed by atoms with van der Waals surface area (Å²) in [6.45, 7) is 14.4. The number of carbonyl (C=O) groups excluding carboxylic acids is 1. The van der Waals surface area contributed by atoms with Crippen LogP contribution in [0.1, 0.15) is 61.8 Å². The van der Waals surface area contributed by atoms with Gasteiger partial charge in [-0.2, -0.15) is 0 Å². The molecule has 0 aliphatic heterocycles. The molecule has 0 aromatic rings. The van der Waals surface area contributed by atoms with Crippen molar-refractivity contribution in [1.82, 2.24) is 5.32 Å². The van der Waals surface area contributed by atoms with E-state index in [4.69, 9.17) is 9.05 Å². The summed E-state index contributed by atoms with van der Waals surface area (Å²) in [6.07, 6.45) is -0.597. The first-order valence-corrected chi connectivity index (χ1v) is 9.59. The van der Waals surface area contributed by atoms with Gasteiger partial charge < -0.3 is 15.3 Å². The minimum absolute atomic E-state index is 0.0741. The van der Waals surface area contributed by atoms with Crippen molar-refractivity contribution in [3.63, 3.8) is 0 Å². The lowest BCUT2D eigenvalue weighted by Gasteiger charge is -2.31. The molecule has 0 aromatic heterocycles. The Bertz CT molecular complexity index is 464. The van der Waals surface area contributed by atoms with Crippen LogP contribution in [0.3, 0.4) is 0 Å². The number of hydrogen-bond donors (Lipinski definition) is 3. The zero-order valence-corrected chi connectivity index (χ0v) is 17.1. The predicted octanol–water partition coefficient (Wildman–Crippen LogP) is 2.86. The largest absolute Gasteiger partial charge is 0.472 e. The lowest BCUT2D eigenvalue weighted by Crippen LogP contribution is -2.46. The molecule has 0 fully saturated rings. The highest BCUT2D eigenvalue weighted by molar-refractivity contribution is 7.47. The van der Waals surface area contributed by atoms with E-state index in [2.05, 4.69) is 26.1 Å². The number of hydrogen-bond acceptors (Lipinski definition) is 5. The molecule has 0 rings (SSSR count). The molecule has 7 nitrogen and oxygen atoms in total. The van der Waals surface area contributed by atoms with Gasteiger partial charge in [-0.1, -0.05) is 34.6 Å². The van der Waals surface area contributed by atoms with Crippen LogP contribution in [0.15, 0.2) is 0 Å². The Morgan fingerprint density at radius 1 is 1.12 bits per heavy atom. The second kappa shape index (κ2) is 8.28. The first-order chi connectivity index (χ1) is 10.5. The van der Waals surface area contributed by atoms with Gasteiger partial charge in [0.1, 0.15) is 6.10 Å². The van der Waals surface area contributed by atoms with Crippen LogP contribution < -0.4 is 5.32 Å². The molecule has 24 heavy (non-hydrogen) atoms. The fourth-order valence-corrected chi connectivity index (χ4v) is 2.95. The number of amides is 1. The molecule has 0 saturated heterocycles. The van der Waals surface area contributed by atoms with Crippen LogP contribution in [0.25, 0.3) is 0 Å². The maximum atomic E-state index is 12.0. The van der Waals surface area contributed by atoms with E-state index in [9.17, 15) is 19.4 Å². The highest BCUT2D eigenvalue weighted by atomic mass is 31.2. The normalized spacial score (nSPS) is 17.2. The third kappa shape index (κ3) is 10.4. The smallest absolute Gasteiger partial charge is 0.383 e. The van der Waals surface area contributed by atoms with Gasteiger partial charge in [0.05, 0.1) is 12.2 Å². The molecule has 1 amide bonds. The Hall–Kier alpha value is -0.460. The molecular weight excluding hydrogens is 333 g/mol. The quantitative estimate of drug-likeness (QED) is 0.570. The summed E-state index contributed by atoms with van der Waals surface area (Å²) in [5.41, 5.74) is -1.83. The summed E-state index contributed by atoms with van der Waals surface area (Å²) in [6, 6.07) is 0. The fraction of sp³-hybridized carbons (Fsp3) is 0.938. The maximum Gasteiger partial charge on any atom is 0.472 e. The van der Waals surface area contributed by atoms with Gasteiger partial charge in [-0.3, -0.25) is 13.8 Å². The van der Waals surface area contributed by atoms with E-state index in [-0.39, 0.29) is 12.0 Å². The molecule has 0 aliphatic rings. The second-order valence-corrected chi connectivity index (χ2v) is 10.3. The van der Waals surface area contributed by atoms with Crippen molar-refractivity contribution in [3.05, 3.63) is 0 Å². The minimum Gasteiger partial charge on any atom is -0.383 e. The molecule has 3 N–H and O–H groups in total. The topological polar surface area (TPSA) is 105 Å².